The number of halogens is 1. The molecule has 3 aliphatic rings. The van der Waals surface area contributed by atoms with E-state index < -0.39 is 6.10 Å². The number of hydrogen-bond donors (Lipinski definition) is 1. The van der Waals surface area contributed by atoms with Gasteiger partial charge in [0.2, 0.25) is 0 Å². The Morgan fingerprint density at radius 3 is 2.69 bits per heavy atom. The predicted molar refractivity (Wildman–Crippen MR) is 106 cm³/mol. The minimum Gasteiger partial charge on any atom is -0.493 e. The Morgan fingerprint density at radius 2 is 2.07 bits per heavy atom. The lowest BCUT2D eigenvalue weighted by molar-refractivity contribution is -0.149. The molecule has 0 bridgehead atoms. The molecule has 0 spiro atoms. The third-order valence-corrected chi connectivity index (χ3v) is 5.98. The van der Waals surface area contributed by atoms with E-state index in [0.29, 0.717) is 56.4 Å². The number of benzene rings is 1. The van der Waals surface area contributed by atoms with E-state index in [1.54, 1.807) is 0 Å². The fraction of sp³-hybridized carbons (Fsp3) is 0.727. The molecule has 1 aromatic carbocycles. The van der Waals surface area contributed by atoms with E-state index in [4.69, 9.17) is 18.9 Å². The van der Waals surface area contributed by atoms with Gasteiger partial charge in [-0.2, -0.15) is 0 Å². The van der Waals surface area contributed by atoms with Crippen molar-refractivity contribution in [1.82, 2.24) is 4.90 Å². The minimum atomic E-state index is -0.593. The number of aliphatic hydroxyl groups excluding tert-OH is 1. The van der Waals surface area contributed by atoms with Crippen molar-refractivity contribution in [2.75, 3.05) is 40.0 Å². The van der Waals surface area contributed by atoms with Crippen molar-refractivity contribution in [3.8, 4) is 11.5 Å². The quantitative estimate of drug-likeness (QED) is 0.807. The minimum absolute atomic E-state index is 0.0500. The van der Waals surface area contributed by atoms with Gasteiger partial charge in [-0.05, 0) is 50.8 Å². The van der Waals surface area contributed by atoms with Crippen molar-refractivity contribution in [3.05, 3.63) is 23.0 Å². The zero-order valence-electron chi connectivity index (χ0n) is 17.7. The second kappa shape index (κ2) is 8.02. The first-order valence-electron chi connectivity index (χ1n) is 10.5. The highest BCUT2D eigenvalue weighted by atomic mass is 19.1. The lowest BCUT2D eigenvalue weighted by atomic mass is 9.84. The standard InChI is InChI=1S/C22H32FNO5/c1-22(2,3)29-19-9-24-6-5-14-15(16(24)8-17(19)25)7-18(26-4)21(20(14)23)28-12-13-10-27-11-13/h7,13,16-17,19,25H,5-6,8-12H2,1-4H3/t16-,17-,19-/m1/s1. The van der Waals surface area contributed by atoms with Gasteiger partial charge in [-0.25, -0.2) is 4.39 Å². The van der Waals surface area contributed by atoms with Crippen LogP contribution in [-0.4, -0.2) is 67.8 Å². The Morgan fingerprint density at radius 1 is 1.31 bits per heavy atom. The summed E-state index contributed by atoms with van der Waals surface area (Å²) in [7, 11) is 1.53. The molecule has 0 aliphatic carbocycles. The molecule has 162 valence electrons. The van der Waals surface area contributed by atoms with Crippen LogP contribution < -0.4 is 9.47 Å². The molecular weight excluding hydrogens is 377 g/mol. The van der Waals surface area contributed by atoms with E-state index in [-0.39, 0.29) is 29.3 Å². The molecule has 0 radical (unpaired) electrons. The first-order chi connectivity index (χ1) is 13.8. The molecule has 0 unspecified atom stereocenters. The molecule has 29 heavy (non-hydrogen) atoms. The first kappa shape index (κ1) is 20.8. The summed E-state index contributed by atoms with van der Waals surface area (Å²) in [5.74, 6) is 0.573. The van der Waals surface area contributed by atoms with Gasteiger partial charge >= 0.3 is 0 Å². The zero-order chi connectivity index (χ0) is 20.8. The Kier molecular flexibility index (Phi) is 5.77. The molecule has 6 nitrogen and oxygen atoms in total. The number of ether oxygens (including phenoxy) is 4. The number of aliphatic hydroxyl groups is 1. The van der Waals surface area contributed by atoms with Gasteiger partial charge < -0.3 is 24.1 Å². The average Bonchev–Trinajstić information content (AvgIpc) is 2.61. The second-order valence-electron chi connectivity index (χ2n) is 9.34. The van der Waals surface area contributed by atoms with Gasteiger partial charge in [-0.1, -0.05) is 0 Å². The molecule has 0 saturated carbocycles. The van der Waals surface area contributed by atoms with Gasteiger partial charge in [0.15, 0.2) is 17.3 Å². The van der Waals surface area contributed by atoms with Crippen molar-refractivity contribution in [1.29, 1.82) is 0 Å². The largest absolute Gasteiger partial charge is 0.493 e. The third-order valence-electron chi connectivity index (χ3n) is 5.98. The van der Waals surface area contributed by atoms with Crippen molar-refractivity contribution < 1.29 is 28.4 Å². The van der Waals surface area contributed by atoms with E-state index in [0.717, 1.165) is 12.1 Å². The summed E-state index contributed by atoms with van der Waals surface area (Å²) in [5, 5.41) is 10.7. The van der Waals surface area contributed by atoms with Crippen molar-refractivity contribution >= 4 is 0 Å². The molecule has 3 aliphatic heterocycles. The van der Waals surface area contributed by atoms with E-state index >= 15 is 4.39 Å². The third kappa shape index (κ3) is 4.24. The normalized spacial score (nSPS) is 27.7. The highest BCUT2D eigenvalue weighted by Crippen LogP contribution is 2.44. The number of hydrogen-bond acceptors (Lipinski definition) is 6. The number of fused-ring (bicyclic) bond motifs is 3. The van der Waals surface area contributed by atoms with E-state index in [2.05, 4.69) is 4.90 Å². The summed E-state index contributed by atoms with van der Waals surface area (Å²) in [6.07, 6.45) is 0.274. The molecule has 0 amide bonds. The van der Waals surface area contributed by atoms with Crippen LogP contribution in [0.4, 0.5) is 4.39 Å². The Hall–Kier alpha value is -1.41. The topological polar surface area (TPSA) is 60.4 Å². The van der Waals surface area contributed by atoms with Crippen molar-refractivity contribution in [2.24, 2.45) is 5.92 Å². The summed E-state index contributed by atoms with van der Waals surface area (Å²) in [4.78, 5) is 2.29. The molecule has 0 aromatic heterocycles. The Balaban J connectivity index is 1.57. The van der Waals surface area contributed by atoms with Gasteiger partial charge in [0.05, 0.1) is 44.7 Å². The van der Waals surface area contributed by atoms with Gasteiger partial charge in [0.25, 0.3) is 0 Å². The lowest BCUT2D eigenvalue weighted by Gasteiger charge is -2.47. The van der Waals surface area contributed by atoms with E-state index in [9.17, 15) is 5.11 Å². The molecular formula is C22H32FNO5. The van der Waals surface area contributed by atoms with Crippen LogP contribution in [-0.2, 0) is 15.9 Å². The number of methoxy groups -OCH3 is 1. The number of rotatable bonds is 5. The van der Waals surface area contributed by atoms with Crippen molar-refractivity contribution in [3.63, 3.8) is 0 Å². The summed E-state index contributed by atoms with van der Waals surface area (Å²) < 4.78 is 37.9. The second-order valence-corrected chi connectivity index (χ2v) is 9.34. The highest BCUT2D eigenvalue weighted by Gasteiger charge is 2.41. The number of nitrogens with zero attached hydrogens (tertiary/aromatic N) is 1. The maximum Gasteiger partial charge on any atom is 0.197 e. The Bertz CT molecular complexity index is 746. The van der Waals surface area contributed by atoms with Crippen LogP contribution in [0.15, 0.2) is 6.07 Å². The first-order valence-corrected chi connectivity index (χ1v) is 10.5. The molecule has 3 atom stereocenters. The maximum absolute atomic E-state index is 15.4. The fourth-order valence-corrected chi connectivity index (χ4v) is 4.49. The zero-order valence-corrected chi connectivity index (χ0v) is 17.7. The monoisotopic (exact) mass is 409 g/mol. The molecule has 2 saturated heterocycles. The highest BCUT2D eigenvalue weighted by molar-refractivity contribution is 5.51. The maximum atomic E-state index is 15.4. The van der Waals surface area contributed by atoms with Crippen LogP contribution in [0, 0.1) is 11.7 Å². The van der Waals surface area contributed by atoms with Crippen LogP contribution in [0.1, 0.15) is 44.4 Å². The van der Waals surface area contributed by atoms with Crippen molar-refractivity contribution in [2.45, 2.75) is 57.5 Å². The van der Waals surface area contributed by atoms with Crippen LogP contribution in [0.3, 0.4) is 0 Å². The molecule has 1 N–H and O–H groups in total. The number of piperidine rings is 1. The summed E-state index contributed by atoms with van der Waals surface area (Å²) >= 11 is 0. The molecule has 1 aromatic rings. The SMILES string of the molecule is COc1cc2c(c(F)c1OCC1COC1)CCN1C[C@@H](OC(C)(C)C)[C@H](O)C[C@H]21. The van der Waals surface area contributed by atoms with Crippen LogP contribution in [0.5, 0.6) is 11.5 Å². The summed E-state index contributed by atoms with van der Waals surface area (Å²) in [5.41, 5.74) is 1.24. The smallest absolute Gasteiger partial charge is 0.197 e. The molecule has 7 heteroatoms. The van der Waals surface area contributed by atoms with Crippen LogP contribution in [0.2, 0.25) is 0 Å². The van der Waals surface area contributed by atoms with Gasteiger partial charge in [-0.15, -0.1) is 0 Å². The molecule has 4 rings (SSSR count). The predicted octanol–water partition coefficient (Wildman–Crippen LogP) is 2.71. The van der Waals surface area contributed by atoms with E-state index in [1.807, 2.05) is 26.8 Å². The molecule has 3 heterocycles. The van der Waals surface area contributed by atoms with Crippen LogP contribution in [0.25, 0.3) is 0 Å². The van der Waals surface area contributed by atoms with Gasteiger partial charge in [-0.3, -0.25) is 4.90 Å². The van der Waals surface area contributed by atoms with Crippen LogP contribution >= 0.6 is 0 Å². The van der Waals surface area contributed by atoms with Gasteiger partial charge in [0.1, 0.15) is 0 Å². The lowest BCUT2D eigenvalue weighted by Crippen LogP contribution is -2.53. The Labute approximate surface area is 171 Å². The fourth-order valence-electron chi connectivity index (χ4n) is 4.49. The van der Waals surface area contributed by atoms with Gasteiger partial charge in [0, 0.05) is 25.0 Å². The summed E-state index contributed by atoms with van der Waals surface area (Å²) in [6, 6.07) is 1.84. The summed E-state index contributed by atoms with van der Waals surface area (Å²) in [6.45, 7) is 9.08. The van der Waals surface area contributed by atoms with E-state index in [1.165, 1.54) is 7.11 Å². The average molecular weight is 409 g/mol. The molecule has 2 fully saturated rings.